The van der Waals surface area contributed by atoms with E-state index < -0.39 is 0 Å². The predicted molar refractivity (Wildman–Crippen MR) is 57.8 cm³/mol. The first kappa shape index (κ1) is 9.33. The number of aromatic amines is 1. The minimum atomic E-state index is 0.319. The van der Waals surface area contributed by atoms with E-state index in [0.29, 0.717) is 10.7 Å². The van der Waals surface area contributed by atoms with Crippen molar-refractivity contribution in [2.75, 3.05) is 0 Å². The number of hydrogen-bond donors (Lipinski definition) is 1. The van der Waals surface area contributed by atoms with Crippen LogP contribution in [0.4, 0.5) is 0 Å². The molecule has 2 heterocycles. The van der Waals surface area contributed by atoms with Crippen LogP contribution >= 0.6 is 12.2 Å². The third kappa shape index (κ3) is 1.33. The second kappa shape index (κ2) is 3.16. The Balaban J connectivity index is 2.85. The van der Waals surface area contributed by atoms with Gasteiger partial charge in [0.2, 0.25) is 0 Å². The molecule has 0 aliphatic heterocycles. The zero-order chi connectivity index (χ0) is 10.3. The maximum Gasteiger partial charge on any atom is 0.140 e. The number of H-pyrrole nitrogens is 1. The number of nitrogens with one attached hydrogen (secondary N) is 1. The van der Waals surface area contributed by atoms with Crippen LogP contribution in [0.3, 0.4) is 0 Å². The van der Waals surface area contributed by atoms with Crippen molar-refractivity contribution >= 4 is 23.3 Å². The fourth-order valence-corrected chi connectivity index (χ4v) is 1.73. The van der Waals surface area contributed by atoms with Gasteiger partial charge in [0.05, 0.1) is 11.6 Å². The van der Waals surface area contributed by atoms with Crippen LogP contribution in [0.2, 0.25) is 0 Å². The number of aromatic nitrogens is 4. The first-order chi connectivity index (χ1) is 6.59. The molecule has 0 spiro atoms. The highest BCUT2D eigenvalue weighted by molar-refractivity contribution is 7.71. The molecule has 0 aromatic carbocycles. The van der Waals surface area contributed by atoms with Gasteiger partial charge in [-0.15, -0.1) is 0 Å². The molecule has 0 atom stereocenters. The Bertz CT molecular complexity index is 523. The Hall–Kier alpha value is -1.23. The molecule has 0 saturated heterocycles. The molecular weight excluding hydrogens is 196 g/mol. The van der Waals surface area contributed by atoms with E-state index >= 15 is 0 Å². The molecule has 2 rings (SSSR count). The highest BCUT2D eigenvalue weighted by atomic mass is 32.1. The lowest BCUT2D eigenvalue weighted by atomic mass is 10.4. The predicted octanol–water partition coefficient (Wildman–Crippen LogP) is 2.38. The van der Waals surface area contributed by atoms with E-state index in [1.54, 1.807) is 6.20 Å². The summed E-state index contributed by atoms with van der Waals surface area (Å²) in [5, 5.41) is 5.19. The molecule has 2 aromatic heterocycles. The van der Waals surface area contributed by atoms with Gasteiger partial charge in [0.15, 0.2) is 0 Å². The van der Waals surface area contributed by atoms with Crippen LogP contribution in [0.25, 0.3) is 11.0 Å². The lowest BCUT2D eigenvalue weighted by Gasteiger charge is -2.06. The molecule has 2 aromatic rings. The van der Waals surface area contributed by atoms with Crippen molar-refractivity contribution in [1.82, 2.24) is 19.7 Å². The van der Waals surface area contributed by atoms with E-state index in [4.69, 9.17) is 12.2 Å². The molecule has 1 N–H and O–H groups in total. The summed E-state index contributed by atoms with van der Waals surface area (Å²) < 4.78 is 2.53. The minimum Gasteiger partial charge on any atom is -0.328 e. The summed E-state index contributed by atoms with van der Waals surface area (Å²) in [4.78, 5) is 7.36. The first-order valence-electron chi connectivity index (χ1n) is 4.53. The van der Waals surface area contributed by atoms with Gasteiger partial charge in [-0.3, -0.25) is 0 Å². The number of aryl methyl sites for hydroxylation is 1. The van der Waals surface area contributed by atoms with E-state index in [0.717, 1.165) is 16.9 Å². The van der Waals surface area contributed by atoms with E-state index in [1.165, 1.54) is 0 Å². The SMILES string of the molecule is Cc1nc(=S)c2cnn(C(C)C)c2[nH]1. The van der Waals surface area contributed by atoms with Gasteiger partial charge in [0, 0.05) is 6.04 Å². The van der Waals surface area contributed by atoms with Crippen LogP contribution in [0.5, 0.6) is 0 Å². The highest BCUT2D eigenvalue weighted by Gasteiger charge is 2.07. The van der Waals surface area contributed by atoms with Crippen LogP contribution in [0.1, 0.15) is 25.7 Å². The van der Waals surface area contributed by atoms with Gasteiger partial charge in [-0.1, -0.05) is 12.2 Å². The van der Waals surface area contributed by atoms with Gasteiger partial charge < -0.3 is 4.98 Å². The van der Waals surface area contributed by atoms with Crippen molar-refractivity contribution in [2.45, 2.75) is 26.8 Å². The smallest absolute Gasteiger partial charge is 0.140 e. The largest absolute Gasteiger partial charge is 0.328 e. The van der Waals surface area contributed by atoms with Gasteiger partial charge >= 0.3 is 0 Å². The minimum absolute atomic E-state index is 0.319. The summed E-state index contributed by atoms with van der Waals surface area (Å²) in [6.07, 6.45) is 1.76. The van der Waals surface area contributed by atoms with E-state index in [2.05, 4.69) is 28.9 Å². The second-order valence-electron chi connectivity index (χ2n) is 3.57. The van der Waals surface area contributed by atoms with Crippen LogP contribution < -0.4 is 0 Å². The monoisotopic (exact) mass is 208 g/mol. The van der Waals surface area contributed by atoms with E-state index in [-0.39, 0.29) is 0 Å². The second-order valence-corrected chi connectivity index (χ2v) is 3.96. The summed E-state index contributed by atoms with van der Waals surface area (Å²) in [6.45, 7) is 6.06. The fourth-order valence-electron chi connectivity index (χ4n) is 1.45. The van der Waals surface area contributed by atoms with Gasteiger partial charge in [0.25, 0.3) is 0 Å². The Labute approximate surface area is 87.0 Å². The molecule has 4 nitrogen and oxygen atoms in total. The third-order valence-electron chi connectivity index (χ3n) is 2.08. The topological polar surface area (TPSA) is 46.5 Å². The molecule has 0 saturated carbocycles. The van der Waals surface area contributed by atoms with Crippen molar-refractivity contribution in [2.24, 2.45) is 0 Å². The Morgan fingerprint density at radius 1 is 1.50 bits per heavy atom. The summed E-state index contributed by atoms with van der Waals surface area (Å²) in [5.41, 5.74) is 0.956. The van der Waals surface area contributed by atoms with Gasteiger partial charge in [-0.05, 0) is 20.8 Å². The van der Waals surface area contributed by atoms with Crippen molar-refractivity contribution in [3.63, 3.8) is 0 Å². The maximum atomic E-state index is 5.16. The maximum absolute atomic E-state index is 5.16. The number of rotatable bonds is 1. The zero-order valence-electron chi connectivity index (χ0n) is 8.40. The molecule has 74 valence electrons. The quantitative estimate of drug-likeness (QED) is 0.732. The third-order valence-corrected chi connectivity index (χ3v) is 2.39. The first-order valence-corrected chi connectivity index (χ1v) is 4.94. The molecule has 14 heavy (non-hydrogen) atoms. The summed E-state index contributed by atoms with van der Waals surface area (Å²) in [7, 11) is 0. The number of nitrogens with zero attached hydrogens (tertiary/aromatic N) is 3. The van der Waals surface area contributed by atoms with Gasteiger partial charge in [-0.25, -0.2) is 9.67 Å². The normalized spacial score (nSPS) is 11.4. The van der Waals surface area contributed by atoms with Gasteiger partial charge in [0.1, 0.15) is 16.1 Å². The molecular formula is C9H12N4S. The average Bonchev–Trinajstić information content (AvgIpc) is 2.47. The zero-order valence-corrected chi connectivity index (χ0v) is 9.22. The highest BCUT2D eigenvalue weighted by Crippen LogP contribution is 2.15. The van der Waals surface area contributed by atoms with Gasteiger partial charge in [-0.2, -0.15) is 5.10 Å². The molecule has 0 amide bonds. The summed E-state index contributed by atoms with van der Waals surface area (Å²) in [5.74, 6) is 0.824. The molecule has 0 aliphatic rings. The van der Waals surface area contributed by atoms with Crippen LogP contribution in [0.15, 0.2) is 6.20 Å². The van der Waals surface area contributed by atoms with Crippen LogP contribution in [-0.2, 0) is 0 Å². The number of fused-ring (bicyclic) bond motifs is 1. The van der Waals surface area contributed by atoms with E-state index in [1.807, 2.05) is 11.6 Å². The molecule has 0 unspecified atom stereocenters. The standard InChI is InChI=1S/C9H12N4S/c1-5(2)13-8-7(4-10-13)9(14)12-6(3)11-8/h4-5H,1-3H3,(H,11,12,14). The molecule has 0 aliphatic carbocycles. The molecule has 5 heteroatoms. The van der Waals surface area contributed by atoms with Crippen molar-refractivity contribution in [3.8, 4) is 0 Å². The lowest BCUT2D eigenvalue weighted by Crippen LogP contribution is -2.04. The number of hydrogen-bond acceptors (Lipinski definition) is 3. The van der Waals surface area contributed by atoms with Crippen LogP contribution in [0, 0.1) is 11.6 Å². The molecule has 0 bridgehead atoms. The van der Waals surface area contributed by atoms with E-state index in [9.17, 15) is 0 Å². The lowest BCUT2D eigenvalue weighted by molar-refractivity contribution is 0.546. The summed E-state index contributed by atoms with van der Waals surface area (Å²) >= 11 is 5.16. The van der Waals surface area contributed by atoms with Crippen molar-refractivity contribution in [3.05, 3.63) is 16.7 Å². The molecule has 0 radical (unpaired) electrons. The average molecular weight is 208 g/mol. The van der Waals surface area contributed by atoms with Crippen molar-refractivity contribution in [1.29, 1.82) is 0 Å². The summed E-state index contributed by atoms with van der Waals surface area (Å²) in [6, 6.07) is 0.319. The van der Waals surface area contributed by atoms with Crippen LogP contribution in [-0.4, -0.2) is 19.7 Å². The Kier molecular flexibility index (Phi) is 2.11. The Morgan fingerprint density at radius 3 is 2.86 bits per heavy atom. The molecule has 0 fully saturated rings. The fraction of sp³-hybridized carbons (Fsp3) is 0.444. The van der Waals surface area contributed by atoms with Crippen molar-refractivity contribution < 1.29 is 0 Å². The Morgan fingerprint density at radius 2 is 2.21 bits per heavy atom.